The maximum absolute atomic E-state index is 11.9. The highest BCUT2D eigenvalue weighted by atomic mass is 32.1. The molecule has 0 saturated carbocycles. The van der Waals surface area contributed by atoms with Crippen LogP contribution in [0.5, 0.6) is 5.75 Å². The Balaban J connectivity index is 1.41. The minimum absolute atomic E-state index is 0.231. The molecule has 1 aromatic heterocycles. The molecule has 0 spiro atoms. The van der Waals surface area contributed by atoms with Gasteiger partial charge in [0.2, 0.25) is 0 Å². The second-order valence-electron chi connectivity index (χ2n) is 5.49. The van der Waals surface area contributed by atoms with Gasteiger partial charge >= 0.3 is 6.03 Å². The van der Waals surface area contributed by atoms with Crippen LogP contribution in [0.2, 0.25) is 0 Å². The molecule has 0 unspecified atom stereocenters. The molecule has 2 N–H and O–H groups in total. The number of aromatic nitrogens is 1. The zero-order valence-corrected chi connectivity index (χ0v) is 13.8. The molecule has 2 amide bonds. The van der Waals surface area contributed by atoms with E-state index < -0.39 is 0 Å². The minimum atomic E-state index is -0.231. The van der Waals surface area contributed by atoms with E-state index in [9.17, 15) is 4.79 Å². The Morgan fingerprint density at radius 3 is 2.87 bits per heavy atom. The third-order valence-electron chi connectivity index (χ3n) is 3.72. The number of carbonyl (C=O) groups excluding carboxylic acids is 1. The average molecular weight is 331 g/mol. The molecule has 0 atom stereocenters. The summed E-state index contributed by atoms with van der Waals surface area (Å²) in [6.07, 6.45) is 5.80. The number of anilines is 1. The van der Waals surface area contributed by atoms with Gasteiger partial charge in [-0.05, 0) is 37.8 Å². The van der Waals surface area contributed by atoms with Crippen LogP contribution in [0.1, 0.15) is 29.8 Å². The molecule has 2 aromatic rings. The molecule has 0 bridgehead atoms. The van der Waals surface area contributed by atoms with E-state index in [2.05, 4.69) is 15.6 Å². The molecule has 1 aliphatic rings. The van der Waals surface area contributed by atoms with E-state index in [0.29, 0.717) is 18.3 Å². The van der Waals surface area contributed by atoms with Crippen molar-refractivity contribution >= 4 is 22.5 Å². The molecular weight excluding hydrogens is 310 g/mol. The van der Waals surface area contributed by atoms with Crippen LogP contribution < -0.4 is 15.4 Å². The first-order valence-corrected chi connectivity index (χ1v) is 8.84. The van der Waals surface area contributed by atoms with Crippen molar-refractivity contribution in [3.05, 3.63) is 40.9 Å². The van der Waals surface area contributed by atoms with Crippen LogP contribution in [-0.4, -0.2) is 24.2 Å². The van der Waals surface area contributed by atoms with Crippen molar-refractivity contribution in [3.63, 3.8) is 0 Å². The van der Waals surface area contributed by atoms with E-state index in [-0.39, 0.29) is 6.03 Å². The third-order valence-corrected chi connectivity index (χ3v) is 4.79. The Morgan fingerprint density at radius 2 is 2.00 bits per heavy atom. The lowest BCUT2D eigenvalue weighted by molar-refractivity contribution is 0.247. The van der Waals surface area contributed by atoms with Crippen LogP contribution in [0.3, 0.4) is 0 Å². The summed E-state index contributed by atoms with van der Waals surface area (Å²) in [7, 11) is 0. The van der Waals surface area contributed by atoms with Gasteiger partial charge in [-0.2, -0.15) is 0 Å². The van der Waals surface area contributed by atoms with Gasteiger partial charge in [0.25, 0.3) is 0 Å². The zero-order chi connectivity index (χ0) is 15.9. The summed E-state index contributed by atoms with van der Waals surface area (Å²) in [5.74, 6) is 0.804. The number of benzene rings is 1. The summed E-state index contributed by atoms with van der Waals surface area (Å²) < 4.78 is 5.53. The Labute approximate surface area is 140 Å². The average Bonchev–Trinajstić information content (AvgIpc) is 2.81. The molecule has 23 heavy (non-hydrogen) atoms. The molecule has 0 radical (unpaired) electrons. The van der Waals surface area contributed by atoms with Gasteiger partial charge in [0, 0.05) is 4.88 Å². The number of nitrogens with zero attached hydrogens (tertiary/aromatic N) is 1. The maximum atomic E-state index is 11.9. The minimum Gasteiger partial charge on any atom is -0.492 e. The number of fused-ring (bicyclic) bond motifs is 1. The molecule has 0 fully saturated rings. The fraction of sp³-hybridized carbons (Fsp3) is 0.412. The fourth-order valence-corrected chi connectivity index (χ4v) is 3.62. The summed E-state index contributed by atoms with van der Waals surface area (Å²) in [6.45, 7) is 0.887. The van der Waals surface area contributed by atoms with E-state index in [1.165, 1.54) is 24.1 Å². The fourth-order valence-electron chi connectivity index (χ4n) is 2.57. The van der Waals surface area contributed by atoms with E-state index in [1.54, 1.807) is 11.3 Å². The number of urea groups is 1. The van der Waals surface area contributed by atoms with Crippen molar-refractivity contribution in [2.24, 2.45) is 0 Å². The molecule has 6 heteroatoms. The van der Waals surface area contributed by atoms with Crippen molar-refractivity contribution < 1.29 is 9.53 Å². The first kappa shape index (κ1) is 15.8. The van der Waals surface area contributed by atoms with Gasteiger partial charge in [-0.25, -0.2) is 9.78 Å². The van der Waals surface area contributed by atoms with Crippen LogP contribution in [0, 0.1) is 0 Å². The van der Waals surface area contributed by atoms with Crippen LogP contribution in [0.15, 0.2) is 30.3 Å². The Bertz CT molecular complexity index is 619. The van der Waals surface area contributed by atoms with Gasteiger partial charge in [0.1, 0.15) is 12.4 Å². The molecule has 122 valence electrons. The van der Waals surface area contributed by atoms with Crippen LogP contribution >= 0.6 is 11.3 Å². The number of ether oxygens (including phenoxy) is 1. The van der Waals surface area contributed by atoms with E-state index in [1.807, 2.05) is 30.3 Å². The van der Waals surface area contributed by atoms with Crippen molar-refractivity contribution in [2.75, 3.05) is 18.5 Å². The number of aryl methyl sites for hydroxylation is 2. The molecular formula is C17H21N3O2S. The number of hydrogen-bond acceptors (Lipinski definition) is 4. The standard InChI is InChI=1S/C17H21N3O2S/c21-16(18-11-12-22-13-7-3-1-4-8-13)20-17-19-14-9-5-2-6-10-15(14)23-17/h1,3-4,7-8H,2,5-6,9-12H2,(H2,18,19,20,21). The highest BCUT2D eigenvalue weighted by Crippen LogP contribution is 2.28. The van der Waals surface area contributed by atoms with Crippen LogP contribution in [0.4, 0.5) is 9.93 Å². The Kier molecular flexibility index (Phi) is 5.47. The summed E-state index contributed by atoms with van der Waals surface area (Å²) >= 11 is 1.60. The van der Waals surface area contributed by atoms with Gasteiger partial charge in [-0.3, -0.25) is 5.32 Å². The lowest BCUT2D eigenvalue weighted by Crippen LogP contribution is -2.32. The smallest absolute Gasteiger partial charge is 0.321 e. The van der Waals surface area contributed by atoms with Crippen molar-refractivity contribution in [3.8, 4) is 5.75 Å². The number of amides is 2. The monoisotopic (exact) mass is 331 g/mol. The SMILES string of the molecule is O=C(NCCOc1ccccc1)Nc1nc2c(s1)CCCCC2. The lowest BCUT2D eigenvalue weighted by Gasteiger charge is -2.07. The van der Waals surface area contributed by atoms with Crippen LogP contribution in [0.25, 0.3) is 0 Å². The quantitative estimate of drug-likeness (QED) is 0.650. The summed E-state index contributed by atoms with van der Waals surface area (Å²) in [5, 5.41) is 6.30. The summed E-state index contributed by atoms with van der Waals surface area (Å²) in [6, 6.07) is 9.33. The molecule has 1 aromatic carbocycles. The zero-order valence-electron chi connectivity index (χ0n) is 13.0. The van der Waals surface area contributed by atoms with Crippen molar-refractivity contribution in [1.29, 1.82) is 0 Å². The number of rotatable bonds is 5. The van der Waals surface area contributed by atoms with Crippen LogP contribution in [-0.2, 0) is 12.8 Å². The predicted molar refractivity (Wildman–Crippen MR) is 92.3 cm³/mol. The molecule has 0 saturated heterocycles. The number of hydrogen-bond donors (Lipinski definition) is 2. The predicted octanol–water partition coefficient (Wildman–Crippen LogP) is 3.61. The highest BCUT2D eigenvalue weighted by Gasteiger charge is 2.15. The van der Waals surface area contributed by atoms with E-state index >= 15 is 0 Å². The second kappa shape index (κ2) is 7.97. The summed E-state index contributed by atoms with van der Waals surface area (Å²) in [5.41, 5.74) is 1.16. The first-order valence-electron chi connectivity index (χ1n) is 8.02. The number of carbonyl (C=O) groups is 1. The van der Waals surface area contributed by atoms with Gasteiger partial charge < -0.3 is 10.1 Å². The van der Waals surface area contributed by atoms with Crippen molar-refractivity contribution in [1.82, 2.24) is 10.3 Å². The lowest BCUT2D eigenvalue weighted by atomic mass is 10.2. The normalized spacial score (nSPS) is 13.7. The molecule has 0 aliphatic heterocycles. The molecule has 1 aliphatic carbocycles. The van der Waals surface area contributed by atoms with Gasteiger partial charge in [-0.1, -0.05) is 24.6 Å². The van der Waals surface area contributed by atoms with Gasteiger partial charge in [0.15, 0.2) is 5.13 Å². The summed E-state index contributed by atoms with van der Waals surface area (Å²) in [4.78, 5) is 17.8. The first-order chi connectivity index (χ1) is 11.3. The van der Waals surface area contributed by atoms with Gasteiger partial charge in [0.05, 0.1) is 12.2 Å². The number of thiazole rings is 1. The Hall–Kier alpha value is -2.08. The molecule has 1 heterocycles. The second-order valence-corrected chi connectivity index (χ2v) is 6.58. The Morgan fingerprint density at radius 1 is 1.17 bits per heavy atom. The van der Waals surface area contributed by atoms with E-state index in [4.69, 9.17) is 4.74 Å². The molecule has 3 rings (SSSR count). The van der Waals surface area contributed by atoms with Gasteiger partial charge in [-0.15, -0.1) is 11.3 Å². The third kappa shape index (κ3) is 4.69. The maximum Gasteiger partial charge on any atom is 0.321 e. The molecule has 5 nitrogen and oxygen atoms in total. The largest absolute Gasteiger partial charge is 0.492 e. The highest BCUT2D eigenvalue weighted by molar-refractivity contribution is 7.15. The van der Waals surface area contributed by atoms with Crippen molar-refractivity contribution in [2.45, 2.75) is 32.1 Å². The number of para-hydroxylation sites is 1. The number of nitrogens with one attached hydrogen (secondary N) is 2. The van der Waals surface area contributed by atoms with E-state index in [0.717, 1.165) is 24.3 Å². The topological polar surface area (TPSA) is 63.2 Å².